The zero-order valence-electron chi connectivity index (χ0n) is 26.0. The smallest absolute Gasteiger partial charge is 0.353 e. The lowest BCUT2D eigenvalue weighted by Gasteiger charge is -2.13. The van der Waals surface area contributed by atoms with Crippen LogP contribution >= 0.6 is 11.3 Å². The number of benzene rings is 3. The van der Waals surface area contributed by atoms with Gasteiger partial charge < -0.3 is 14.2 Å². The van der Waals surface area contributed by atoms with Crippen LogP contribution in [0.5, 0.6) is 11.5 Å². The van der Waals surface area contributed by atoms with Gasteiger partial charge in [0.15, 0.2) is 0 Å². The summed E-state index contributed by atoms with van der Waals surface area (Å²) >= 11 is 1.38. The van der Waals surface area contributed by atoms with Gasteiger partial charge in [0.25, 0.3) is 0 Å². The lowest BCUT2D eigenvalue weighted by atomic mass is 10.1. The summed E-state index contributed by atoms with van der Waals surface area (Å²) in [5.41, 5.74) is 2.33. The van der Waals surface area contributed by atoms with Crippen LogP contribution < -0.4 is 9.47 Å². The van der Waals surface area contributed by atoms with E-state index in [1.54, 1.807) is 30.3 Å². The van der Waals surface area contributed by atoms with E-state index in [0.29, 0.717) is 16.2 Å². The highest BCUT2D eigenvalue weighted by Crippen LogP contribution is 2.30. The van der Waals surface area contributed by atoms with E-state index in [0.717, 1.165) is 34.8 Å². The van der Waals surface area contributed by atoms with Gasteiger partial charge in [0, 0.05) is 4.88 Å². The molecule has 44 heavy (non-hydrogen) atoms. The molecule has 0 amide bonds. The van der Waals surface area contributed by atoms with Crippen molar-refractivity contribution in [3.63, 3.8) is 0 Å². The summed E-state index contributed by atoms with van der Waals surface area (Å²) in [5.74, 6) is 0.354. The largest absolute Gasteiger partial charge is 0.494 e. The standard InChI is InChI=1S/C38H44O5S/c1-3-4-5-6-7-8-9-10-11-15-28-41-33-22-18-31(19-23-33)35-26-27-36(44-35)38(40)43-34-24-20-32(21-25-34)37(39)42-29(2)30-16-13-12-14-17-30/h12-14,16-27,29H,3-11,15,28H2,1-2H3/t29-/m0/s1. The molecule has 4 aromatic rings. The number of hydrogen-bond donors (Lipinski definition) is 0. The van der Waals surface area contributed by atoms with Crippen molar-refractivity contribution >= 4 is 23.3 Å². The van der Waals surface area contributed by atoms with E-state index < -0.39 is 11.9 Å². The topological polar surface area (TPSA) is 61.8 Å². The predicted octanol–water partition coefficient (Wildman–Crippen LogP) is 10.9. The Balaban J connectivity index is 1.17. The van der Waals surface area contributed by atoms with Crippen LogP contribution in [0.3, 0.4) is 0 Å². The first-order chi connectivity index (χ1) is 21.5. The number of unbranched alkanes of at least 4 members (excludes halogenated alkanes) is 9. The zero-order valence-corrected chi connectivity index (χ0v) is 26.8. The van der Waals surface area contributed by atoms with Crippen LogP contribution in [-0.2, 0) is 4.74 Å². The van der Waals surface area contributed by atoms with Crippen molar-refractivity contribution in [1.29, 1.82) is 0 Å². The number of rotatable bonds is 18. The molecule has 0 aliphatic rings. The molecule has 0 N–H and O–H groups in total. The highest BCUT2D eigenvalue weighted by atomic mass is 32.1. The zero-order chi connectivity index (χ0) is 31.0. The van der Waals surface area contributed by atoms with Gasteiger partial charge >= 0.3 is 11.9 Å². The molecule has 0 aliphatic heterocycles. The Labute approximate surface area is 266 Å². The number of carbonyl (C=O) groups excluding carboxylic acids is 2. The van der Waals surface area contributed by atoms with Crippen molar-refractivity contribution < 1.29 is 23.8 Å². The number of thiophene rings is 1. The lowest BCUT2D eigenvalue weighted by molar-refractivity contribution is 0.0338. The quantitative estimate of drug-likeness (QED) is 0.0635. The first-order valence-corrected chi connectivity index (χ1v) is 16.8. The summed E-state index contributed by atoms with van der Waals surface area (Å²) in [6.07, 6.45) is 12.7. The number of ether oxygens (including phenoxy) is 3. The number of hydrogen-bond acceptors (Lipinski definition) is 6. The molecule has 1 heterocycles. The Morgan fingerprint density at radius 1 is 0.659 bits per heavy atom. The van der Waals surface area contributed by atoms with E-state index in [2.05, 4.69) is 6.92 Å². The van der Waals surface area contributed by atoms with Gasteiger partial charge in [-0.2, -0.15) is 0 Å². The monoisotopic (exact) mass is 612 g/mol. The molecule has 5 nitrogen and oxygen atoms in total. The lowest BCUT2D eigenvalue weighted by Crippen LogP contribution is -2.10. The number of carbonyl (C=O) groups is 2. The Morgan fingerprint density at radius 3 is 1.93 bits per heavy atom. The highest BCUT2D eigenvalue weighted by molar-refractivity contribution is 7.17. The predicted molar refractivity (Wildman–Crippen MR) is 179 cm³/mol. The van der Waals surface area contributed by atoms with Gasteiger partial charge in [-0.1, -0.05) is 95.0 Å². The van der Waals surface area contributed by atoms with Crippen LogP contribution in [0.2, 0.25) is 0 Å². The molecule has 3 aromatic carbocycles. The average molecular weight is 613 g/mol. The molecule has 232 valence electrons. The molecular weight excluding hydrogens is 568 g/mol. The molecule has 0 bridgehead atoms. The van der Waals surface area contributed by atoms with Gasteiger partial charge in [-0.15, -0.1) is 11.3 Å². The molecule has 4 rings (SSSR count). The van der Waals surface area contributed by atoms with Gasteiger partial charge in [-0.25, -0.2) is 9.59 Å². The normalized spacial score (nSPS) is 11.6. The van der Waals surface area contributed by atoms with E-state index in [1.807, 2.05) is 67.6 Å². The third kappa shape index (κ3) is 10.7. The second-order valence-electron chi connectivity index (χ2n) is 11.1. The molecule has 0 saturated carbocycles. The summed E-state index contributed by atoms with van der Waals surface area (Å²) in [7, 11) is 0. The molecule has 0 aliphatic carbocycles. The van der Waals surface area contributed by atoms with Crippen molar-refractivity contribution in [1.82, 2.24) is 0 Å². The molecule has 1 atom stereocenters. The molecule has 0 fully saturated rings. The minimum Gasteiger partial charge on any atom is -0.494 e. The third-order valence-corrected chi connectivity index (χ3v) is 8.68. The molecule has 0 spiro atoms. The van der Waals surface area contributed by atoms with E-state index in [9.17, 15) is 9.59 Å². The highest BCUT2D eigenvalue weighted by Gasteiger charge is 2.16. The van der Waals surface area contributed by atoms with Crippen LogP contribution in [0, 0.1) is 0 Å². The van der Waals surface area contributed by atoms with Crippen LogP contribution in [0.15, 0.2) is 91.0 Å². The molecular formula is C38H44O5S. The Hall–Kier alpha value is -3.90. The summed E-state index contributed by atoms with van der Waals surface area (Å²) in [5, 5.41) is 0. The first-order valence-electron chi connectivity index (χ1n) is 15.9. The molecule has 0 saturated heterocycles. The Morgan fingerprint density at radius 2 is 1.27 bits per heavy atom. The van der Waals surface area contributed by atoms with E-state index >= 15 is 0 Å². The van der Waals surface area contributed by atoms with Gasteiger partial charge in [-0.3, -0.25) is 0 Å². The molecule has 0 radical (unpaired) electrons. The van der Waals surface area contributed by atoms with Crippen molar-refractivity contribution in [2.45, 2.75) is 84.2 Å². The fourth-order valence-corrected chi connectivity index (χ4v) is 5.82. The molecule has 6 heteroatoms. The van der Waals surface area contributed by atoms with Gasteiger partial charge in [0.1, 0.15) is 22.5 Å². The van der Waals surface area contributed by atoms with Crippen LogP contribution in [0.4, 0.5) is 0 Å². The maximum absolute atomic E-state index is 12.8. The second-order valence-corrected chi connectivity index (χ2v) is 12.2. The summed E-state index contributed by atoms with van der Waals surface area (Å²) in [6, 6.07) is 27.7. The Kier molecular flexibility index (Phi) is 13.5. The fraction of sp³-hybridized carbons (Fsp3) is 0.368. The third-order valence-electron chi connectivity index (χ3n) is 7.57. The SMILES string of the molecule is CCCCCCCCCCCCOc1ccc(-c2ccc(C(=O)Oc3ccc(C(=O)O[C@@H](C)c4ccccc4)cc3)s2)cc1. The van der Waals surface area contributed by atoms with E-state index in [-0.39, 0.29) is 6.10 Å². The van der Waals surface area contributed by atoms with Crippen molar-refractivity contribution in [2.24, 2.45) is 0 Å². The maximum Gasteiger partial charge on any atom is 0.353 e. The van der Waals surface area contributed by atoms with E-state index in [4.69, 9.17) is 14.2 Å². The van der Waals surface area contributed by atoms with Crippen molar-refractivity contribution in [3.8, 4) is 21.9 Å². The minimum absolute atomic E-state index is 0.363. The van der Waals surface area contributed by atoms with Gasteiger partial charge in [-0.05, 0) is 85.1 Å². The van der Waals surface area contributed by atoms with Gasteiger partial charge in [0.2, 0.25) is 0 Å². The Bertz CT molecular complexity index is 1410. The van der Waals surface area contributed by atoms with E-state index in [1.165, 1.54) is 69.1 Å². The van der Waals surface area contributed by atoms with Crippen LogP contribution in [0.1, 0.15) is 110 Å². The number of esters is 2. The summed E-state index contributed by atoms with van der Waals surface area (Å²) < 4.78 is 17.1. The van der Waals surface area contributed by atoms with Crippen molar-refractivity contribution in [3.05, 3.63) is 107 Å². The van der Waals surface area contributed by atoms with Crippen molar-refractivity contribution in [2.75, 3.05) is 6.61 Å². The minimum atomic E-state index is -0.439. The summed E-state index contributed by atoms with van der Waals surface area (Å²) in [6.45, 7) is 4.83. The fourth-order valence-electron chi connectivity index (χ4n) is 4.93. The van der Waals surface area contributed by atoms with Crippen LogP contribution in [0.25, 0.3) is 10.4 Å². The molecule has 1 aromatic heterocycles. The average Bonchev–Trinajstić information content (AvgIpc) is 3.55. The first kappa shape index (κ1) is 33.0. The molecule has 0 unspecified atom stereocenters. The van der Waals surface area contributed by atoms with Crippen LogP contribution in [-0.4, -0.2) is 18.5 Å². The maximum atomic E-state index is 12.8. The summed E-state index contributed by atoms with van der Waals surface area (Å²) in [4.78, 5) is 26.8. The second kappa shape index (κ2) is 18.0. The van der Waals surface area contributed by atoms with Gasteiger partial charge in [0.05, 0.1) is 12.2 Å².